The van der Waals surface area contributed by atoms with Crippen LogP contribution in [0.3, 0.4) is 0 Å². The van der Waals surface area contributed by atoms with Crippen LogP contribution in [0.5, 0.6) is 0 Å². The Morgan fingerprint density at radius 1 is 1.44 bits per heavy atom. The van der Waals surface area contributed by atoms with E-state index >= 15 is 0 Å². The largest absolute Gasteiger partial charge is 0.296 e. The first-order chi connectivity index (χ1) is 7.76. The molecule has 3 nitrogen and oxygen atoms in total. The fraction of sp³-hybridized carbons (Fsp3) is 0.167. The van der Waals surface area contributed by atoms with Crippen LogP contribution in [0, 0.1) is 0 Å². The molecule has 82 valence electrons. The van der Waals surface area contributed by atoms with Gasteiger partial charge in [0.25, 0.3) is 0 Å². The van der Waals surface area contributed by atoms with Crippen molar-refractivity contribution < 1.29 is 4.79 Å². The molecule has 0 aliphatic heterocycles. The first-order valence-corrected chi connectivity index (χ1v) is 5.83. The van der Waals surface area contributed by atoms with Crippen molar-refractivity contribution in [3.05, 3.63) is 40.5 Å². The number of aryl methyl sites for hydroxylation is 1. The molecule has 0 aliphatic rings. The lowest BCUT2D eigenvalue weighted by Gasteiger charge is -2.06. The Kier molecular flexibility index (Phi) is 3.19. The number of halogens is 1. The van der Waals surface area contributed by atoms with Gasteiger partial charge in [-0.3, -0.25) is 9.48 Å². The molecule has 0 aliphatic carbocycles. The summed E-state index contributed by atoms with van der Waals surface area (Å²) in [5, 5.41) is 4.19. The number of rotatable bonds is 3. The van der Waals surface area contributed by atoms with Crippen LogP contribution in [0.25, 0.3) is 11.3 Å². The van der Waals surface area contributed by atoms with E-state index in [1.54, 1.807) is 6.07 Å². The number of nitrogens with zero attached hydrogens (tertiary/aromatic N) is 2. The van der Waals surface area contributed by atoms with Crippen LogP contribution in [0.1, 0.15) is 17.4 Å². The molecule has 0 atom stereocenters. The zero-order valence-electron chi connectivity index (χ0n) is 8.85. The van der Waals surface area contributed by atoms with E-state index in [1.807, 2.05) is 35.9 Å². The molecule has 0 spiro atoms. The summed E-state index contributed by atoms with van der Waals surface area (Å²) in [5.74, 6) is 0. The molecule has 0 radical (unpaired) electrons. The Bertz CT molecular complexity index is 519. The first-order valence-electron chi connectivity index (χ1n) is 5.04. The Balaban J connectivity index is 2.59. The summed E-state index contributed by atoms with van der Waals surface area (Å²) in [7, 11) is 0. The van der Waals surface area contributed by atoms with Crippen molar-refractivity contribution in [2.45, 2.75) is 13.5 Å². The maximum atomic E-state index is 10.7. The third kappa shape index (κ3) is 1.93. The molecular formula is C12H11BrN2O. The normalized spacial score (nSPS) is 10.4. The number of benzene rings is 1. The molecule has 0 saturated carbocycles. The van der Waals surface area contributed by atoms with Gasteiger partial charge < -0.3 is 0 Å². The van der Waals surface area contributed by atoms with E-state index in [4.69, 9.17) is 0 Å². The molecule has 0 N–H and O–H groups in total. The van der Waals surface area contributed by atoms with Gasteiger partial charge >= 0.3 is 0 Å². The second kappa shape index (κ2) is 4.61. The molecular weight excluding hydrogens is 268 g/mol. The van der Waals surface area contributed by atoms with Gasteiger partial charge in [-0.15, -0.1) is 0 Å². The molecule has 16 heavy (non-hydrogen) atoms. The smallest absolute Gasteiger partial charge is 0.170 e. The Labute approximate surface area is 102 Å². The predicted molar refractivity (Wildman–Crippen MR) is 66.4 cm³/mol. The maximum absolute atomic E-state index is 10.7. The summed E-state index contributed by atoms with van der Waals surface area (Å²) >= 11 is 3.50. The minimum Gasteiger partial charge on any atom is -0.296 e. The number of aldehydes is 1. The van der Waals surface area contributed by atoms with Gasteiger partial charge in [0.15, 0.2) is 6.29 Å². The fourth-order valence-electron chi connectivity index (χ4n) is 1.62. The van der Waals surface area contributed by atoms with Crippen LogP contribution in [0.15, 0.2) is 34.8 Å². The second-order valence-electron chi connectivity index (χ2n) is 3.37. The van der Waals surface area contributed by atoms with E-state index in [9.17, 15) is 4.79 Å². The van der Waals surface area contributed by atoms with Crippen LogP contribution in [0.2, 0.25) is 0 Å². The van der Waals surface area contributed by atoms with Crippen molar-refractivity contribution in [2.75, 3.05) is 0 Å². The summed E-state index contributed by atoms with van der Waals surface area (Å²) in [6.07, 6.45) is 0.770. The average Bonchev–Trinajstić information content (AvgIpc) is 2.72. The van der Waals surface area contributed by atoms with Gasteiger partial charge in [-0.2, -0.15) is 5.10 Å². The van der Waals surface area contributed by atoms with Crippen molar-refractivity contribution in [1.82, 2.24) is 9.78 Å². The number of hydrogen-bond donors (Lipinski definition) is 0. The second-order valence-corrected chi connectivity index (χ2v) is 4.22. The average molecular weight is 279 g/mol. The van der Waals surface area contributed by atoms with Crippen molar-refractivity contribution >= 4 is 22.2 Å². The maximum Gasteiger partial charge on any atom is 0.170 e. The van der Waals surface area contributed by atoms with Gasteiger partial charge in [0, 0.05) is 16.6 Å². The highest BCUT2D eigenvalue weighted by Crippen LogP contribution is 2.28. The summed E-state index contributed by atoms with van der Waals surface area (Å²) in [6.45, 7) is 2.74. The third-order valence-electron chi connectivity index (χ3n) is 2.37. The standard InChI is InChI=1S/C12H11BrN2O/c1-2-15-12(7-9(8-16)14-15)10-5-3-4-6-11(10)13/h3-8H,2H2,1H3. The van der Waals surface area contributed by atoms with Gasteiger partial charge in [0.2, 0.25) is 0 Å². The van der Waals surface area contributed by atoms with Gasteiger partial charge in [-0.1, -0.05) is 34.1 Å². The Hall–Kier alpha value is -1.42. The number of carbonyl (C=O) groups is 1. The molecule has 1 heterocycles. The Morgan fingerprint density at radius 3 is 2.81 bits per heavy atom. The molecule has 2 rings (SSSR count). The zero-order valence-corrected chi connectivity index (χ0v) is 10.4. The Morgan fingerprint density at radius 2 is 2.19 bits per heavy atom. The number of hydrogen-bond acceptors (Lipinski definition) is 2. The van der Waals surface area contributed by atoms with E-state index in [0.717, 1.165) is 28.6 Å². The van der Waals surface area contributed by atoms with Gasteiger partial charge in [-0.25, -0.2) is 0 Å². The van der Waals surface area contributed by atoms with Gasteiger partial charge in [-0.05, 0) is 19.1 Å². The van der Waals surface area contributed by atoms with E-state index in [0.29, 0.717) is 5.69 Å². The molecule has 0 fully saturated rings. The molecule has 4 heteroatoms. The third-order valence-corrected chi connectivity index (χ3v) is 3.06. The van der Waals surface area contributed by atoms with Crippen molar-refractivity contribution in [1.29, 1.82) is 0 Å². The lowest BCUT2D eigenvalue weighted by molar-refractivity contribution is 0.111. The highest BCUT2D eigenvalue weighted by molar-refractivity contribution is 9.10. The molecule has 0 amide bonds. The van der Waals surface area contributed by atoms with Crippen LogP contribution in [-0.2, 0) is 6.54 Å². The molecule has 2 aromatic rings. The van der Waals surface area contributed by atoms with Crippen molar-refractivity contribution in [2.24, 2.45) is 0 Å². The molecule has 0 saturated heterocycles. The number of carbonyl (C=O) groups excluding carboxylic acids is 1. The van der Waals surface area contributed by atoms with Crippen LogP contribution < -0.4 is 0 Å². The summed E-state index contributed by atoms with van der Waals surface area (Å²) in [6, 6.07) is 9.70. The van der Waals surface area contributed by atoms with Crippen LogP contribution in [-0.4, -0.2) is 16.1 Å². The topological polar surface area (TPSA) is 34.9 Å². The van der Waals surface area contributed by atoms with Crippen molar-refractivity contribution in [3.63, 3.8) is 0 Å². The van der Waals surface area contributed by atoms with Gasteiger partial charge in [0.1, 0.15) is 5.69 Å². The summed E-state index contributed by atoms with van der Waals surface area (Å²) in [5.41, 5.74) is 2.47. The predicted octanol–water partition coefficient (Wildman–Crippen LogP) is 3.15. The SMILES string of the molecule is CCn1nc(C=O)cc1-c1ccccc1Br. The van der Waals surface area contributed by atoms with Crippen molar-refractivity contribution in [3.8, 4) is 11.3 Å². The van der Waals surface area contributed by atoms with E-state index < -0.39 is 0 Å². The number of aromatic nitrogens is 2. The van der Waals surface area contributed by atoms with Gasteiger partial charge in [0.05, 0.1) is 5.69 Å². The van der Waals surface area contributed by atoms with Crippen LogP contribution in [0.4, 0.5) is 0 Å². The minimum absolute atomic E-state index is 0.465. The van der Waals surface area contributed by atoms with E-state index in [2.05, 4.69) is 21.0 Å². The van der Waals surface area contributed by atoms with E-state index in [1.165, 1.54) is 0 Å². The first kappa shape index (κ1) is 11.1. The quantitative estimate of drug-likeness (QED) is 0.809. The zero-order chi connectivity index (χ0) is 11.5. The highest BCUT2D eigenvalue weighted by atomic mass is 79.9. The highest BCUT2D eigenvalue weighted by Gasteiger charge is 2.10. The van der Waals surface area contributed by atoms with E-state index in [-0.39, 0.29) is 0 Å². The lowest BCUT2D eigenvalue weighted by Crippen LogP contribution is -1.99. The monoisotopic (exact) mass is 278 g/mol. The molecule has 0 unspecified atom stereocenters. The summed E-state index contributed by atoms with van der Waals surface area (Å²) in [4.78, 5) is 10.7. The minimum atomic E-state index is 0.465. The fourth-order valence-corrected chi connectivity index (χ4v) is 2.11. The molecule has 1 aromatic heterocycles. The molecule has 1 aromatic carbocycles. The van der Waals surface area contributed by atoms with Crippen LogP contribution >= 0.6 is 15.9 Å². The lowest BCUT2D eigenvalue weighted by atomic mass is 10.1. The molecule has 0 bridgehead atoms. The summed E-state index contributed by atoms with van der Waals surface area (Å²) < 4.78 is 2.83.